The van der Waals surface area contributed by atoms with Crippen molar-refractivity contribution >= 4 is 17.4 Å². The van der Waals surface area contributed by atoms with E-state index >= 15 is 0 Å². The number of nitrogens with zero attached hydrogens (tertiary/aromatic N) is 4. The van der Waals surface area contributed by atoms with E-state index in [4.69, 9.17) is 5.73 Å². The smallest absolute Gasteiger partial charge is 0.382 e. The summed E-state index contributed by atoms with van der Waals surface area (Å²) in [5, 5.41) is 6.58. The van der Waals surface area contributed by atoms with Crippen molar-refractivity contribution in [3.8, 4) is 0 Å². The zero-order valence-electron chi connectivity index (χ0n) is 13.2. The molecule has 0 aliphatic rings. The first-order chi connectivity index (χ1) is 12.3. The lowest BCUT2D eigenvalue weighted by molar-refractivity contribution is -0.137. The summed E-state index contributed by atoms with van der Waals surface area (Å²) in [6.45, 7) is 0.118. The molecule has 1 amide bonds. The minimum atomic E-state index is -4.41. The van der Waals surface area contributed by atoms with Gasteiger partial charge in [-0.25, -0.2) is 9.97 Å². The van der Waals surface area contributed by atoms with Crippen LogP contribution in [0.3, 0.4) is 0 Å². The zero-order chi connectivity index (χ0) is 18.7. The second-order valence-corrected chi connectivity index (χ2v) is 5.37. The van der Waals surface area contributed by atoms with E-state index in [1.165, 1.54) is 35.5 Å². The maximum Gasteiger partial charge on any atom is 0.416 e. The molecular formula is C16H13F3N6O. The number of hydrogen-bond donors (Lipinski definition) is 2. The largest absolute Gasteiger partial charge is 0.416 e. The molecule has 1 aromatic carbocycles. The van der Waals surface area contributed by atoms with Gasteiger partial charge < -0.3 is 11.1 Å². The van der Waals surface area contributed by atoms with Crippen LogP contribution in [-0.2, 0) is 12.7 Å². The molecule has 3 rings (SSSR count). The Bertz CT molecular complexity index is 937. The van der Waals surface area contributed by atoms with Gasteiger partial charge in [-0.2, -0.15) is 18.3 Å². The lowest BCUT2D eigenvalue weighted by Gasteiger charge is -2.08. The first kappa shape index (κ1) is 17.4. The average molecular weight is 362 g/mol. The number of halogens is 3. The van der Waals surface area contributed by atoms with Crippen LogP contribution in [0.4, 0.5) is 24.7 Å². The van der Waals surface area contributed by atoms with Crippen molar-refractivity contribution < 1.29 is 18.0 Å². The molecule has 7 nitrogen and oxygen atoms in total. The van der Waals surface area contributed by atoms with Crippen molar-refractivity contribution in [2.45, 2.75) is 12.7 Å². The fourth-order valence-corrected chi connectivity index (χ4v) is 2.26. The number of nitrogens with one attached hydrogen (secondary N) is 1. The first-order valence-corrected chi connectivity index (χ1v) is 7.39. The van der Waals surface area contributed by atoms with Gasteiger partial charge in [0.15, 0.2) is 11.5 Å². The lowest BCUT2D eigenvalue weighted by atomic mass is 10.1. The van der Waals surface area contributed by atoms with Crippen molar-refractivity contribution in [3.05, 3.63) is 65.9 Å². The third-order valence-corrected chi connectivity index (χ3v) is 3.43. The molecule has 0 radical (unpaired) electrons. The molecular weight excluding hydrogens is 349 g/mol. The molecule has 2 heterocycles. The first-order valence-electron chi connectivity index (χ1n) is 7.39. The number of nitrogens with two attached hydrogens (primary N) is 1. The number of alkyl halides is 3. The van der Waals surface area contributed by atoms with Crippen molar-refractivity contribution in [1.29, 1.82) is 0 Å². The maximum absolute atomic E-state index is 12.8. The maximum atomic E-state index is 12.8. The fraction of sp³-hybridized carbons (Fsp3) is 0.125. The van der Waals surface area contributed by atoms with Crippen molar-refractivity contribution in [2.75, 3.05) is 11.1 Å². The summed E-state index contributed by atoms with van der Waals surface area (Å²) < 4.78 is 39.7. The Hall–Kier alpha value is -3.43. The van der Waals surface area contributed by atoms with Gasteiger partial charge in [0.05, 0.1) is 24.0 Å². The van der Waals surface area contributed by atoms with Crippen molar-refractivity contribution in [2.24, 2.45) is 0 Å². The lowest BCUT2D eigenvalue weighted by Crippen LogP contribution is -2.16. The van der Waals surface area contributed by atoms with E-state index in [-0.39, 0.29) is 18.1 Å². The Kier molecular flexibility index (Phi) is 4.57. The molecule has 0 aliphatic carbocycles. The summed E-state index contributed by atoms with van der Waals surface area (Å²) >= 11 is 0. The van der Waals surface area contributed by atoms with Crippen LogP contribution in [0.5, 0.6) is 0 Å². The second-order valence-electron chi connectivity index (χ2n) is 5.37. The molecule has 26 heavy (non-hydrogen) atoms. The molecule has 134 valence electrons. The van der Waals surface area contributed by atoms with E-state index in [1.807, 2.05) is 0 Å². The highest BCUT2D eigenvalue weighted by Gasteiger charge is 2.30. The Morgan fingerprint density at radius 2 is 2.00 bits per heavy atom. The predicted molar refractivity (Wildman–Crippen MR) is 87.2 cm³/mol. The minimum absolute atomic E-state index is 0.0126. The molecule has 0 fully saturated rings. The van der Waals surface area contributed by atoms with Gasteiger partial charge in [-0.1, -0.05) is 12.1 Å². The van der Waals surface area contributed by atoms with Crippen LogP contribution in [0.1, 0.15) is 21.6 Å². The zero-order valence-corrected chi connectivity index (χ0v) is 13.2. The second kappa shape index (κ2) is 6.82. The molecule has 0 spiro atoms. The SMILES string of the molecule is Nc1nccnc1C(=O)Nc1cnn(Cc2cccc(C(F)(F)F)c2)c1. The predicted octanol–water partition coefficient (Wildman–Crippen LogP) is 2.57. The summed E-state index contributed by atoms with van der Waals surface area (Å²) in [4.78, 5) is 19.7. The molecule has 2 aromatic heterocycles. The van der Waals surface area contributed by atoms with Gasteiger partial charge in [-0.15, -0.1) is 0 Å². The van der Waals surface area contributed by atoms with E-state index in [0.717, 1.165) is 12.1 Å². The highest BCUT2D eigenvalue weighted by atomic mass is 19.4. The molecule has 0 saturated carbocycles. The van der Waals surface area contributed by atoms with E-state index < -0.39 is 17.6 Å². The number of carbonyl (C=O) groups excluding carboxylic acids is 1. The molecule has 0 aliphatic heterocycles. The molecule has 3 aromatic rings. The van der Waals surface area contributed by atoms with Crippen LogP contribution in [-0.4, -0.2) is 25.7 Å². The third-order valence-electron chi connectivity index (χ3n) is 3.43. The number of carbonyl (C=O) groups is 1. The molecule has 0 unspecified atom stereocenters. The Labute approximate surface area is 145 Å². The summed E-state index contributed by atoms with van der Waals surface area (Å²) in [6.07, 6.45) is 1.15. The topological polar surface area (TPSA) is 98.7 Å². The van der Waals surface area contributed by atoms with Gasteiger partial charge in [0.1, 0.15) is 0 Å². The standard InChI is InChI=1S/C16H13F3N6O/c17-16(18,19)11-3-1-2-10(6-11)8-25-9-12(7-23-25)24-15(26)13-14(20)22-5-4-21-13/h1-7,9H,8H2,(H2,20,22)(H,24,26). The van der Waals surface area contributed by atoms with Crippen LogP contribution < -0.4 is 11.1 Å². The summed E-state index contributed by atoms with van der Waals surface area (Å²) in [5.74, 6) is -0.574. The molecule has 0 atom stereocenters. The summed E-state index contributed by atoms with van der Waals surface area (Å²) in [6, 6.07) is 4.96. The summed E-state index contributed by atoms with van der Waals surface area (Å²) in [5.41, 5.74) is 5.61. The minimum Gasteiger partial charge on any atom is -0.382 e. The van der Waals surface area contributed by atoms with Crippen LogP contribution in [0.25, 0.3) is 0 Å². The number of rotatable bonds is 4. The van der Waals surface area contributed by atoms with Crippen LogP contribution in [0.15, 0.2) is 49.1 Å². The van der Waals surface area contributed by atoms with Gasteiger partial charge in [0.25, 0.3) is 5.91 Å². The number of aromatic nitrogens is 4. The van der Waals surface area contributed by atoms with E-state index in [0.29, 0.717) is 11.3 Å². The molecule has 0 bridgehead atoms. The van der Waals surface area contributed by atoms with E-state index in [1.54, 1.807) is 6.07 Å². The van der Waals surface area contributed by atoms with Crippen LogP contribution in [0, 0.1) is 0 Å². The number of amides is 1. The number of hydrogen-bond acceptors (Lipinski definition) is 5. The van der Waals surface area contributed by atoms with E-state index in [9.17, 15) is 18.0 Å². The van der Waals surface area contributed by atoms with Gasteiger partial charge >= 0.3 is 6.18 Å². The Morgan fingerprint density at radius 1 is 1.23 bits per heavy atom. The normalized spacial score (nSPS) is 11.3. The Morgan fingerprint density at radius 3 is 2.73 bits per heavy atom. The fourth-order valence-electron chi connectivity index (χ4n) is 2.26. The van der Waals surface area contributed by atoms with Gasteiger partial charge in [0, 0.05) is 18.6 Å². The number of nitrogen functional groups attached to an aromatic ring is 1. The molecule has 3 N–H and O–H groups in total. The molecule has 0 saturated heterocycles. The van der Waals surface area contributed by atoms with Gasteiger partial charge in [0.2, 0.25) is 0 Å². The van der Waals surface area contributed by atoms with Crippen LogP contribution in [0.2, 0.25) is 0 Å². The molecule has 10 heteroatoms. The quantitative estimate of drug-likeness (QED) is 0.743. The monoisotopic (exact) mass is 362 g/mol. The summed E-state index contributed by atoms with van der Waals surface area (Å²) in [7, 11) is 0. The van der Waals surface area contributed by atoms with Gasteiger partial charge in [-0.3, -0.25) is 9.48 Å². The van der Waals surface area contributed by atoms with Crippen molar-refractivity contribution in [3.63, 3.8) is 0 Å². The average Bonchev–Trinajstić information content (AvgIpc) is 3.01. The third kappa shape index (κ3) is 3.97. The highest BCUT2D eigenvalue weighted by Crippen LogP contribution is 2.29. The van der Waals surface area contributed by atoms with E-state index in [2.05, 4.69) is 20.4 Å². The Balaban J connectivity index is 1.71. The van der Waals surface area contributed by atoms with Crippen LogP contribution >= 0.6 is 0 Å². The highest BCUT2D eigenvalue weighted by molar-refractivity contribution is 6.05. The number of anilines is 2. The number of benzene rings is 1. The van der Waals surface area contributed by atoms with Crippen molar-refractivity contribution in [1.82, 2.24) is 19.7 Å². The van der Waals surface area contributed by atoms with Gasteiger partial charge in [-0.05, 0) is 17.7 Å².